The third-order valence-electron chi connectivity index (χ3n) is 4.11. The van der Waals surface area contributed by atoms with Crippen molar-refractivity contribution in [1.82, 2.24) is 19.2 Å². The topological polar surface area (TPSA) is 61.4 Å². The summed E-state index contributed by atoms with van der Waals surface area (Å²) in [6, 6.07) is 6.69. The minimum absolute atomic E-state index is 0.0836. The van der Waals surface area contributed by atoms with Gasteiger partial charge >= 0.3 is 0 Å². The maximum atomic E-state index is 13.8. The predicted octanol–water partition coefficient (Wildman–Crippen LogP) is 2.72. The molecule has 4 rings (SSSR count). The van der Waals surface area contributed by atoms with Crippen LogP contribution in [0.15, 0.2) is 35.1 Å². The number of aromatic nitrogens is 4. The van der Waals surface area contributed by atoms with Crippen LogP contribution in [-0.2, 0) is 13.7 Å². The van der Waals surface area contributed by atoms with Crippen LogP contribution in [0.5, 0.6) is 5.75 Å². The van der Waals surface area contributed by atoms with E-state index in [0.717, 1.165) is 0 Å². The van der Waals surface area contributed by atoms with E-state index in [4.69, 9.17) is 4.74 Å². The Morgan fingerprint density at radius 2 is 1.70 bits per heavy atom. The van der Waals surface area contributed by atoms with Gasteiger partial charge in [0.05, 0.1) is 10.9 Å². The highest BCUT2D eigenvalue weighted by Gasteiger charge is 2.22. The average molecular weight is 378 g/mol. The quantitative estimate of drug-likeness (QED) is 0.406. The van der Waals surface area contributed by atoms with Crippen LogP contribution in [0, 0.1) is 23.3 Å². The van der Waals surface area contributed by atoms with Gasteiger partial charge in [-0.25, -0.2) is 8.78 Å². The number of fused-ring (bicyclic) bond motifs is 3. The van der Waals surface area contributed by atoms with Gasteiger partial charge in [0, 0.05) is 13.1 Å². The zero-order valence-electron chi connectivity index (χ0n) is 13.7. The number of halogens is 4. The number of aryl methyl sites for hydroxylation is 1. The molecule has 0 saturated heterocycles. The lowest BCUT2D eigenvalue weighted by Gasteiger charge is -2.10. The number of hydrogen-bond donors (Lipinski definition) is 0. The summed E-state index contributed by atoms with van der Waals surface area (Å²) in [6.45, 7) is -0.542. The van der Waals surface area contributed by atoms with Crippen molar-refractivity contribution >= 4 is 16.7 Å². The highest BCUT2D eigenvalue weighted by molar-refractivity contribution is 5.80. The number of benzene rings is 2. The van der Waals surface area contributed by atoms with Crippen molar-refractivity contribution in [2.24, 2.45) is 7.05 Å². The largest absolute Gasteiger partial charge is 0.479 e. The molecule has 0 fully saturated rings. The maximum Gasteiger partial charge on any atom is 0.262 e. The molecule has 0 atom stereocenters. The second-order valence-corrected chi connectivity index (χ2v) is 5.72. The lowest BCUT2D eigenvalue weighted by molar-refractivity contribution is 0.254. The first kappa shape index (κ1) is 17.0. The van der Waals surface area contributed by atoms with Crippen LogP contribution in [0.4, 0.5) is 17.6 Å². The molecule has 0 saturated carbocycles. The van der Waals surface area contributed by atoms with Crippen LogP contribution in [-0.4, -0.2) is 19.2 Å². The molecule has 2 aromatic heterocycles. The summed E-state index contributed by atoms with van der Waals surface area (Å²) >= 11 is 0. The van der Waals surface area contributed by atoms with Crippen molar-refractivity contribution in [2.75, 3.05) is 0 Å². The third kappa shape index (κ3) is 2.52. The Balaban J connectivity index is 1.84. The Hall–Kier alpha value is -3.43. The average Bonchev–Trinajstić information content (AvgIpc) is 3.09. The van der Waals surface area contributed by atoms with E-state index in [1.807, 2.05) is 0 Å². The fourth-order valence-electron chi connectivity index (χ4n) is 2.80. The van der Waals surface area contributed by atoms with Gasteiger partial charge in [0.15, 0.2) is 23.2 Å². The predicted molar refractivity (Wildman–Crippen MR) is 86.3 cm³/mol. The van der Waals surface area contributed by atoms with Gasteiger partial charge in [-0.3, -0.25) is 13.8 Å². The van der Waals surface area contributed by atoms with Gasteiger partial charge in [-0.05, 0) is 12.1 Å². The summed E-state index contributed by atoms with van der Waals surface area (Å²) in [5.74, 6) is -7.41. The monoisotopic (exact) mass is 378 g/mol. The zero-order valence-corrected chi connectivity index (χ0v) is 13.7. The Labute approximate surface area is 148 Å². The molecule has 0 unspecified atom stereocenters. The van der Waals surface area contributed by atoms with Crippen molar-refractivity contribution in [3.63, 3.8) is 0 Å². The summed E-state index contributed by atoms with van der Waals surface area (Å²) in [5.41, 5.74) is 0.146. The van der Waals surface area contributed by atoms with E-state index < -0.39 is 35.6 Å². The Morgan fingerprint density at radius 3 is 2.41 bits per heavy atom. The zero-order chi connectivity index (χ0) is 19.3. The molecular weight excluding hydrogens is 368 g/mol. The SMILES string of the molecule is Cn1c(=O)c2ccccc2n2c(COc3c(F)c(F)cc(F)c3F)nnc12. The fourth-order valence-corrected chi connectivity index (χ4v) is 2.80. The molecule has 10 heteroatoms. The number of nitrogens with zero attached hydrogens (tertiary/aromatic N) is 4. The third-order valence-corrected chi connectivity index (χ3v) is 4.11. The van der Waals surface area contributed by atoms with Gasteiger partial charge in [0.25, 0.3) is 5.56 Å². The van der Waals surface area contributed by atoms with Gasteiger partial charge in [0.1, 0.15) is 6.61 Å². The van der Waals surface area contributed by atoms with Crippen LogP contribution < -0.4 is 10.3 Å². The standard InChI is InChI=1S/C17H10F4N4O2/c1-24-16(26)8-4-2-3-5-11(8)25-12(22-23-17(24)25)7-27-15-13(20)9(18)6-10(19)14(15)21/h2-6H,7H2,1H3. The molecule has 6 nitrogen and oxygen atoms in total. The first-order valence-electron chi connectivity index (χ1n) is 7.67. The van der Waals surface area contributed by atoms with Gasteiger partial charge in [-0.1, -0.05) is 12.1 Å². The summed E-state index contributed by atoms with van der Waals surface area (Å²) in [7, 11) is 1.49. The Bertz CT molecular complexity index is 1240. The van der Waals surface area contributed by atoms with E-state index in [9.17, 15) is 22.4 Å². The molecule has 0 amide bonds. The van der Waals surface area contributed by atoms with Crippen molar-refractivity contribution in [3.05, 3.63) is 69.8 Å². The minimum Gasteiger partial charge on any atom is -0.479 e. The van der Waals surface area contributed by atoms with Crippen LogP contribution in [0.25, 0.3) is 16.7 Å². The fraction of sp³-hybridized carbons (Fsp3) is 0.118. The molecule has 2 aromatic carbocycles. The summed E-state index contributed by atoms with van der Waals surface area (Å²) < 4.78 is 61.8. The smallest absolute Gasteiger partial charge is 0.262 e. The first-order valence-corrected chi connectivity index (χ1v) is 7.67. The van der Waals surface area contributed by atoms with Crippen LogP contribution in [0.1, 0.15) is 5.82 Å². The number of rotatable bonds is 3. The summed E-state index contributed by atoms with van der Waals surface area (Å²) in [5, 5.41) is 8.11. The number of hydrogen-bond acceptors (Lipinski definition) is 4. The molecule has 0 aliphatic heterocycles. The van der Waals surface area contributed by atoms with Crippen molar-refractivity contribution in [1.29, 1.82) is 0 Å². The maximum absolute atomic E-state index is 13.8. The molecule has 27 heavy (non-hydrogen) atoms. The van der Waals surface area contributed by atoms with Crippen LogP contribution in [0.3, 0.4) is 0 Å². The molecule has 0 aliphatic rings. The minimum atomic E-state index is -1.65. The molecule has 2 heterocycles. The molecule has 0 radical (unpaired) electrons. The van der Waals surface area contributed by atoms with Crippen molar-refractivity contribution in [2.45, 2.75) is 6.61 Å². The van der Waals surface area contributed by atoms with Gasteiger partial charge in [-0.15, -0.1) is 10.2 Å². The van der Waals surface area contributed by atoms with Crippen LogP contribution >= 0.6 is 0 Å². The second-order valence-electron chi connectivity index (χ2n) is 5.72. The normalized spacial score (nSPS) is 11.4. The molecule has 138 valence electrons. The lowest BCUT2D eigenvalue weighted by atomic mass is 10.2. The van der Waals surface area contributed by atoms with E-state index in [2.05, 4.69) is 10.2 Å². The number of para-hydroxylation sites is 1. The molecule has 0 spiro atoms. The van der Waals surface area contributed by atoms with Gasteiger partial charge in [0.2, 0.25) is 17.4 Å². The van der Waals surface area contributed by atoms with Crippen molar-refractivity contribution in [3.8, 4) is 5.75 Å². The first-order chi connectivity index (χ1) is 12.9. The van der Waals surface area contributed by atoms with E-state index in [-0.39, 0.29) is 23.2 Å². The molecule has 4 aromatic rings. The lowest BCUT2D eigenvalue weighted by Crippen LogP contribution is -2.20. The summed E-state index contributed by atoms with van der Waals surface area (Å²) in [6.07, 6.45) is 0. The van der Waals surface area contributed by atoms with Gasteiger partial charge < -0.3 is 4.74 Å². The van der Waals surface area contributed by atoms with E-state index in [1.165, 1.54) is 16.0 Å². The van der Waals surface area contributed by atoms with Crippen molar-refractivity contribution < 1.29 is 22.3 Å². The van der Waals surface area contributed by atoms with Gasteiger partial charge in [-0.2, -0.15) is 8.78 Å². The Morgan fingerprint density at radius 1 is 1.04 bits per heavy atom. The van der Waals surface area contributed by atoms with E-state index in [0.29, 0.717) is 10.9 Å². The van der Waals surface area contributed by atoms with E-state index in [1.54, 1.807) is 24.3 Å². The number of ether oxygens (including phenoxy) is 1. The molecule has 0 N–H and O–H groups in total. The molecule has 0 aliphatic carbocycles. The molecular formula is C17H10F4N4O2. The summed E-state index contributed by atoms with van der Waals surface area (Å²) in [4.78, 5) is 12.4. The molecule has 0 bridgehead atoms. The second kappa shape index (κ2) is 6.08. The highest BCUT2D eigenvalue weighted by Crippen LogP contribution is 2.27. The Kier molecular flexibility index (Phi) is 3.83. The van der Waals surface area contributed by atoms with E-state index >= 15 is 0 Å². The highest BCUT2D eigenvalue weighted by atomic mass is 19.2. The van der Waals surface area contributed by atoms with Crippen LogP contribution in [0.2, 0.25) is 0 Å².